The zero-order chi connectivity index (χ0) is 12.7. The highest BCUT2D eigenvalue weighted by Crippen LogP contribution is 2.40. The third-order valence-corrected chi connectivity index (χ3v) is 3.44. The van der Waals surface area contributed by atoms with Gasteiger partial charge in [0.05, 0.1) is 0 Å². The lowest BCUT2D eigenvalue weighted by molar-refractivity contribution is -0.145. The standard InChI is InChI=1S/C13H23NO2/c1-12(2,3)8-7-9(13(4,5)6)11(16)14-10(8)15/h8-9H,7H2,1-6H3,(H,14,15,16). The first-order chi connectivity index (χ1) is 7.03. The molecule has 0 aliphatic carbocycles. The van der Waals surface area contributed by atoms with Crippen molar-refractivity contribution in [2.75, 3.05) is 0 Å². The van der Waals surface area contributed by atoms with Crippen molar-refractivity contribution in [3.8, 4) is 0 Å². The lowest BCUT2D eigenvalue weighted by atomic mass is 9.67. The fourth-order valence-electron chi connectivity index (χ4n) is 2.24. The molecule has 0 aromatic carbocycles. The Hall–Kier alpha value is -0.860. The zero-order valence-electron chi connectivity index (χ0n) is 11.2. The number of rotatable bonds is 0. The average Bonchev–Trinajstić information content (AvgIpc) is 1.97. The smallest absolute Gasteiger partial charge is 0.230 e. The molecular formula is C13H23NO2. The summed E-state index contributed by atoms with van der Waals surface area (Å²) in [6.07, 6.45) is 0.664. The molecule has 1 rings (SSSR count). The van der Waals surface area contributed by atoms with Gasteiger partial charge in [-0.3, -0.25) is 14.9 Å². The van der Waals surface area contributed by atoms with Crippen molar-refractivity contribution in [3.05, 3.63) is 0 Å². The summed E-state index contributed by atoms with van der Waals surface area (Å²) in [6, 6.07) is 0. The predicted octanol–water partition coefficient (Wildman–Crippen LogP) is 2.36. The molecule has 0 aromatic rings. The first kappa shape index (κ1) is 13.2. The number of carbonyl (C=O) groups excluding carboxylic acids is 2. The quantitative estimate of drug-likeness (QED) is 0.643. The van der Waals surface area contributed by atoms with Crippen LogP contribution < -0.4 is 5.32 Å². The van der Waals surface area contributed by atoms with E-state index in [0.717, 1.165) is 0 Å². The van der Waals surface area contributed by atoms with Crippen LogP contribution in [-0.4, -0.2) is 11.8 Å². The number of nitrogens with one attached hydrogen (secondary N) is 1. The monoisotopic (exact) mass is 225 g/mol. The number of amides is 2. The van der Waals surface area contributed by atoms with Gasteiger partial charge >= 0.3 is 0 Å². The average molecular weight is 225 g/mol. The third-order valence-electron chi connectivity index (χ3n) is 3.44. The topological polar surface area (TPSA) is 46.2 Å². The molecule has 1 heterocycles. The molecule has 0 spiro atoms. The number of piperidine rings is 1. The molecule has 0 bridgehead atoms. The Morgan fingerprint density at radius 2 is 1.19 bits per heavy atom. The summed E-state index contributed by atoms with van der Waals surface area (Å²) >= 11 is 0. The number of hydrogen-bond donors (Lipinski definition) is 1. The van der Waals surface area contributed by atoms with Crippen LogP contribution in [0.1, 0.15) is 48.0 Å². The first-order valence-electron chi connectivity index (χ1n) is 5.88. The van der Waals surface area contributed by atoms with E-state index < -0.39 is 0 Å². The zero-order valence-corrected chi connectivity index (χ0v) is 11.2. The minimum Gasteiger partial charge on any atom is -0.296 e. The van der Waals surface area contributed by atoms with Crippen molar-refractivity contribution in [2.24, 2.45) is 22.7 Å². The summed E-state index contributed by atoms with van der Waals surface area (Å²) in [5.74, 6) is -0.375. The summed E-state index contributed by atoms with van der Waals surface area (Å²) in [5.41, 5.74) is -0.178. The Kier molecular flexibility index (Phi) is 3.19. The second-order valence-electron chi connectivity index (χ2n) is 6.93. The van der Waals surface area contributed by atoms with E-state index in [0.29, 0.717) is 6.42 Å². The second-order valence-corrected chi connectivity index (χ2v) is 6.93. The fraction of sp³-hybridized carbons (Fsp3) is 0.846. The summed E-state index contributed by atoms with van der Waals surface area (Å²) < 4.78 is 0. The van der Waals surface area contributed by atoms with Crippen molar-refractivity contribution >= 4 is 11.8 Å². The molecular weight excluding hydrogens is 202 g/mol. The SMILES string of the molecule is CC(C)(C)C1CC(C(C)(C)C)C(=O)NC1=O. The van der Waals surface area contributed by atoms with E-state index in [9.17, 15) is 9.59 Å². The van der Waals surface area contributed by atoms with Gasteiger partial charge in [-0.15, -0.1) is 0 Å². The molecule has 0 radical (unpaired) electrons. The van der Waals surface area contributed by atoms with Gasteiger partial charge in [-0.1, -0.05) is 41.5 Å². The molecule has 1 saturated heterocycles. The van der Waals surface area contributed by atoms with Crippen LogP contribution >= 0.6 is 0 Å². The summed E-state index contributed by atoms with van der Waals surface area (Å²) in [4.78, 5) is 23.6. The number of carbonyl (C=O) groups is 2. The van der Waals surface area contributed by atoms with Crippen LogP contribution in [-0.2, 0) is 9.59 Å². The molecule has 2 atom stereocenters. The molecule has 2 unspecified atom stereocenters. The van der Waals surface area contributed by atoms with Gasteiger partial charge < -0.3 is 0 Å². The highest BCUT2D eigenvalue weighted by Gasteiger charge is 2.44. The Labute approximate surface area is 98.0 Å². The van der Waals surface area contributed by atoms with Gasteiger partial charge in [0, 0.05) is 11.8 Å². The molecule has 1 fully saturated rings. The van der Waals surface area contributed by atoms with Gasteiger partial charge in [0.15, 0.2) is 0 Å². The van der Waals surface area contributed by atoms with Crippen LogP contribution in [0.3, 0.4) is 0 Å². The van der Waals surface area contributed by atoms with E-state index in [2.05, 4.69) is 5.32 Å². The Morgan fingerprint density at radius 3 is 1.44 bits per heavy atom. The minimum absolute atomic E-state index is 0.0746. The van der Waals surface area contributed by atoms with E-state index in [1.54, 1.807) is 0 Å². The lowest BCUT2D eigenvalue weighted by Gasteiger charge is -2.40. The van der Waals surface area contributed by atoms with Crippen LogP contribution in [0.5, 0.6) is 0 Å². The second kappa shape index (κ2) is 3.86. The summed E-state index contributed by atoms with van der Waals surface area (Å²) in [7, 11) is 0. The van der Waals surface area contributed by atoms with Gasteiger partial charge in [-0.25, -0.2) is 0 Å². The van der Waals surface area contributed by atoms with Crippen molar-refractivity contribution < 1.29 is 9.59 Å². The van der Waals surface area contributed by atoms with E-state index in [1.165, 1.54) is 0 Å². The molecule has 3 nitrogen and oxygen atoms in total. The van der Waals surface area contributed by atoms with E-state index in [1.807, 2.05) is 41.5 Å². The van der Waals surface area contributed by atoms with Crippen LogP contribution in [0.25, 0.3) is 0 Å². The molecule has 1 aliphatic heterocycles. The third kappa shape index (κ3) is 2.63. The van der Waals surface area contributed by atoms with E-state index >= 15 is 0 Å². The number of imide groups is 1. The van der Waals surface area contributed by atoms with Crippen LogP contribution in [0.15, 0.2) is 0 Å². The van der Waals surface area contributed by atoms with E-state index in [-0.39, 0.29) is 34.5 Å². The van der Waals surface area contributed by atoms with Gasteiger partial charge in [-0.05, 0) is 17.3 Å². The van der Waals surface area contributed by atoms with Crippen molar-refractivity contribution in [1.82, 2.24) is 5.32 Å². The van der Waals surface area contributed by atoms with Gasteiger partial charge in [0.25, 0.3) is 0 Å². The maximum absolute atomic E-state index is 11.8. The fourth-order valence-corrected chi connectivity index (χ4v) is 2.24. The number of hydrogen-bond acceptors (Lipinski definition) is 2. The van der Waals surface area contributed by atoms with Crippen LogP contribution in [0, 0.1) is 22.7 Å². The Bertz CT molecular complexity index is 277. The molecule has 0 saturated carbocycles. The van der Waals surface area contributed by atoms with Gasteiger partial charge in [0.1, 0.15) is 0 Å². The highest BCUT2D eigenvalue weighted by atomic mass is 16.2. The minimum atomic E-state index is -0.113. The van der Waals surface area contributed by atoms with E-state index in [4.69, 9.17) is 0 Å². The van der Waals surface area contributed by atoms with Crippen molar-refractivity contribution in [1.29, 1.82) is 0 Å². The molecule has 16 heavy (non-hydrogen) atoms. The Morgan fingerprint density at radius 1 is 0.875 bits per heavy atom. The summed E-state index contributed by atoms with van der Waals surface area (Å²) in [5, 5.41) is 2.51. The molecule has 3 heteroatoms. The van der Waals surface area contributed by atoms with Gasteiger partial charge in [-0.2, -0.15) is 0 Å². The molecule has 0 aromatic heterocycles. The van der Waals surface area contributed by atoms with Crippen LogP contribution in [0.2, 0.25) is 0 Å². The predicted molar refractivity (Wildman–Crippen MR) is 63.7 cm³/mol. The Balaban J connectivity index is 2.94. The molecule has 2 amide bonds. The van der Waals surface area contributed by atoms with Crippen LogP contribution in [0.4, 0.5) is 0 Å². The van der Waals surface area contributed by atoms with Gasteiger partial charge in [0.2, 0.25) is 11.8 Å². The molecule has 1 aliphatic rings. The molecule has 1 N–H and O–H groups in total. The molecule has 92 valence electrons. The van der Waals surface area contributed by atoms with Crippen molar-refractivity contribution in [3.63, 3.8) is 0 Å². The first-order valence-corrected chi connectivity index (χ1v) is 5.88. The highest BCUT2D eigenvalue weighted by molar-refractivity contribution is 6.00. The maximum Gasteiger partial charge on any atom is 0.230 e. The maximum atomic E-state index is 11.8. The van der Waals surface area contributed by atoms with Crippen molar-refractivity contribution in [2.45, 2.75) is 48.0 Å². The normalized spacial score (nSPS) is 27.9. The largest absolute Gasteiger partial charge is 0.296 e. The summed E-state index contributed by atoms with van der Waals surface area (Å²) in [6.45, 7) is 12.3. The lowest BCUT2D eigenvalue weighted by Crippen LogP contribution is -2.53.